The number of nitrogens with zero attached hydrogens (tertiary/aromatic N) is 4. The van der Waals surface area contributed by atoms with Crippen LogP contribution in [0.2, 0.25) is 0 Å². The molecule has 0 spiro atoms. The fourth-order valence-corrected chi connectivity index (χ4v) is 2.35. The van der Waals surface area contributed by atoms with E-state index in [1.165, 1.54) is 0 Å². The number of rotatable bonds is 6. The van der Waals surface area contributed by atoms with Crippen molar-refractivity contribution in [2.75, 3.05) is 17.2 Å². The van der Waals surface area contributed by atoms with E-state index in [0.29, 0.717) is 17.1 Å². The van der Waals surface area contributed by atoms with E-state index in [1.807, 2.05) is 24.3 Å². The maximum absolute atomic E-state index is 12.1. The summed E-state index contributed by atoms with van der Waals surface area (Å²) in [7, 11) is 1.76. The number of anilines is 2. The van der Waals surface area contributed by atoms with E-state index in [4.69, 9.17) is 5.73 Å². The number of aromatic nitrogens is 4. The number of primary amides is 1. The predicted octanol–water partition coefficient (Wildman–Crippen LogP) is 1.03. The van der Waals surface area contributed by atoms with Crippen LogP contribution in [0.5, 0.6) is 0 Å². The Morgan fingerprint density at radius 2 is 1.88 bits per heavy atom. The number of carbonyl (C=O) groups is 2. The Kier molecular flexibility index (Phi) is 4.88. The van der Waals surface area contributed by atoms with E-state index in [0.717, 1.165) is 11.3 Å². The van der Waals surface area contributed by atoms with Crippen molar-refractivity contribution in [2.24, 2.45) is 12.8 Å². The zero-order chi connectivity index (χ0) is 18.5. The van der Waals surface area contributed by atoms with Gasteiger partial charge in [0.05, 0.1) is 6.54 Å². The highest BCUT2D eigenvalue weighted by atomic mass is 16.2. The highest BCUT2D eigenvalue weighted by molar-refractivity contribution is 5.96. The van der Waals surface area contributed by atoms with Crippen molar-refractivity contribution in [3.8, 4) is 11.4 Å². The number of benzene rings is 2. The Hall–Kier alpha value is -3.75. The summed E-state index contributed by atoms with van der Waals surface area (Å²) in [6.07, 6.45) is 0. The Bertz CT molecular complexity index is 934. The van der Waals surface area contributed by atoms with E-state index in [-0.39, 0.29) is 12.5 Å². The van der Waals surface area contributed by atoms with E-state index in [2.05, 4.69) is 26.2 Å². The minimum Gasteiger partial charge on any atom is -0.376 e. The van der Waals surface area contributed by atoms with E-state index in [1.54, 1.807) is 36.0 Å². The molecule has 0 aliphatic heterocycles. The predicted molar refractivity (Wildman–Crippen MR) is 96.3 cm³/mol. The van der Waals surface area contributed by atoms with Crippen LogP contribution >= 0.6 is 0 Å². The molecule has 26 heavy (non-hydrogen) atoms. The molecule has 2 aromatic carbocycles. The van der Waals surface area contributed by atoms with Crippen molar-refractivity contribution >= 4 is 23.2 Å². The summed E-state index contributed by atoms with van der Waals surface area (Å²) in [4.78, 5) is 23.1. The Morgan fingerprint density at radius 3 is 2.54 bits per heavy atom. The van der Waals surface area contributed by atoms with E-state index < -0.39 is 5.91 Å². The van der Waals surface area contributed by atoms with Gasteiger partial charge < -0.3 is 16.4 Å². The molecule has 4 N–H and O–H groups in total. The lowest BCUT2D eigenvalue weighted by molar-refractivity contribution is -0.114. The molecule has 132 valence electrons. The SMILES string of the molecule is Cn1nnnc1-c1cccc(NCC(=O)Nc2ccc(C(N)=O)cc2)c1. The van der Waals surface area contributed by atoms with Gasteiger partial charge in [0.1, 0.15) is 0 Å². The average molecular weight is 351 g/mol. The first kappa shape index (κ1) is 17.1. The summed E-state index contributed by atoms with van der Waals surface area (Å²) < 4.78 is 1.57. The second-order valence-electron chi connectivity index (χ2n) is 5.55. The molecule has 1 aromatic heterocycles. The van der Waals surface area contributed by atoms with Gasteiger partial charge in [-0.25, -0.2) is 4.68 Å². The number of nitrogens with two attached hydrogens (primary N) is 1. The van der Waals surface area contributed by atoms with Crippen LogP contribution in [0.1, 0.15) is 10.4 Å². The minimum absolute atomic E-state index is 0.0814. The third-order valence-electron chi connectivity index (χ3n) is 3.65. The molecular weight excluding hydrogens is 334 g/mol. The first-order chi connectivity index (χ1) is 12.5. The monoisotopic (exact) mass is 351 g/mol. The summed E-state index contributed by atoms with van der Waals surface area (Å²) in [6, 6.07) is 13.8. The second-order valence-corrected chi connectivity index (χ2v) is 5.55. The van der Waals surface area contributed by atoms with Crippen LogP contribution in [-0.4, -0.2) is 38.6 Å². The van der Waals surface area contributed by atoms with E-state index >= 15 is 0 Å². The molecule has 0 fully saturated rings. The lowest BCUT2D eigenvalue weighted by atomic mass is 10.2. The molecule has 0 aliphatic rings. The normalized spacial score (nSPS) is 10.3. The van der Waals surface area contributed by atoms with Crippen molar-refractivity contribution in [3.63, 3.8) is 0 Å². The van der Waals surface area contributed by atoms with Gasteiger partial charge in [0.2, 0.25) is 11.8 Å². The van der Waals surface area contributed by atoms with Gasteiger partial charge in [-0.2, -0.15) is 0 Å². The van der Waals surface area contributed by atoms with Crippen LogP contribution in [-0.2, 0) is 11.8 Å². The Labute approximate surface area is 149 Å². The summed E-state index contributed by atoms with van der Waals surface area (Å²) in [6.45, 7) is 0.0814. The second kappa shape index (κ2) is 7.43. The highest BCUT2D eigenvalue weighted by Gasteiger charge is 2.08. The van der Waals surface area contributed by atoms with Crippen molar-refractivity contribution in [3.05, 3.63) is 54.1 Å². The molecule has 0 atom stereocenters. The lowest BCUT2D eigenvalue weighted by Gasteiger charge is -2.09. The van der Waals surface area contributed by atoms with Crippen LogP contribution in [0.3, 0.4) is 0 Å². The summed E-state index contributed by atoms with van der Waals surface area (Å²) in [5, 5.41) is 17.2. The number of hydrogen-bond donors (Lipinski definition) is 3. The molecule has 0 bridgehead atoms. The standard InChI is InChI=1S/C17H17N7O2/c1-24-17(21-22-23-24)12-3-2-4-14(9-12)19-10-15(25)20-13-7-5-11(6-8-13)16(18)26/h2-9,19H,10H2,1H3,(H2,18,26)(H,20,25). The summed E-state index contributed by atoms with van der Waals surface area (Å²) in [5.74, 6) is -0.0993. The Balaban J connectivity index is 1.59. The summed E-state index contributed by atoms with van der Waals surface area (Å²) in [5.41, 5.74) is 7.76. The number of nitrogens with one attached hydrogen (secondary N) is 2. The molecule has 2 amide bonds. The van der Waals surface area contributed by atoms with Gasteiger partial charge in [-0.15, -0.1) is 5.10 Å². The largest absolute Gasteiger partial charge is 0.376 e. The van der Waals surface area contributed by atoms with Gasteiger partial charge in [0.25, 0.3) is 0 Å². The number of hydrogen-bond acceptors (Lipinski definition) is 6. The topological polar surface area (TPSA) is 128 Å². The van der Waals surface area contributed by atoms with Gasteiger partial charge in [-0.3, -0.25) is 9.59 Å². The molecule has 0 saturated heterocycles. The van der Waals surface area contributed by atoms with Gasteiger partial charge >= 0.3 is 0 Å². The zero-order valence-electron chi connectivity index (χ0n) is 14.0. The molecule has 3 aromatic rings. The number of carbonyl (C=O) groups excluding carboxylic acids is 2. The minimum atomic E-state index is -0.512. The van der Waals surface area contributed by atoms with Crippen LogP contribution in [0.4, 0.5) is 11.4 Å². The van der Waals surface area contributed by atoms with Crippen molar-refractivity contribution in [2.45, 2.75) is 0 Å². The van der Waals surface area contributed by atoms with Crippen molar-refractivity contribution in [1.82, 2.24) is 20.2 Å². The molecule has 0 aliphatic carbocycles. The fourth-order valence-electron chi connectivity index (χ4n) is 2.35. The smallest absolute Gasteiger partial charge is 0.248 e. The number of amides is 2. The quantitative estimate of drug-likeness (QED) is 0.608. The molecule has 3 rings (SSSR count). The van der Waals surface area contributed by atoms with Gasteiger partial charge in [-0.1, -0.05) is 12.1 Å². The van der Waals surface area contributed by atoms with Crippen molar-refractivity contribution in [1.29, 1.82) is 0 Å². The maximum Gasteiger partial charge on any atom is 0.248 e. The van der Waals surface area contributed by atoms with Crippen molar-refractivity contribution < 1.29 is 9.59 Å². The fraction of sp³-hybridized carbons (Fsp3) is 0.118. The first-order valence-corrected chi connectivity index (χ1v) is 7.79. The highest BCUT2D eigenvalue weighted by Crippen LogP contribution is 2.19. The maximum atomic E-state index is 12.1. The van der Waals surface area contributed by atoms with Gasteiger partial charge in [-0.05, 0) is 46.8 Å². The molecule has 0 radical (unpaired) electrons. The molecular formula is C17H17N7O2. The number of tetrazole rings is 1. The third-order valence-corrected chi connectivity index (χ3v) is 3.65. The van der Waals surface area contributed by atoms with Crippen LogP contribution in [0, 0.1) is 0 Å². The third kappa shape index (κ3) is 4.01. The van der Waals surface area contributed by atoms with Crippen LogP contribution in [0.15, 0.2) is 48.5 Å². The summed E-state index contributed by atoms with van der Waals surface area (Å²) >= 11 is 0. The average Bonchev–Trinajstić information content (AvgIpc) is 3.07. The molecule has 9 nitrogen and oxygen atoms in total. The molecule has 0 saturated carbocycles. The zero-order valence-corrected chi connectivity index (χ0v) is 14.0. The molecule has 9 heteroatoms. The first-order valence-electron chi connectivity index (χ1n) is 7.79. The van der Waals surface area contributed by atoms with Gasteiger partial charge in [0, 0.05) is 29.5 Å². The van der Waals surface area contributed by atoms with Crippen LogP contribution in [0.25, 0.3) is 11.4 Å². The van der Waals surface area contributed by atoms with E-state index in [9.17, 15) is 9.59 Å². The number of aryl methyl sites for hydroxylation is 1. The Morgan fingerprint density at radius 1 is 1.12 bits per heavy atom. The van der Waals surface area contributed by atoms with Crippen LogP contribution < -0.4 is 16.4 Å². The molecule has 0 unspecified atom stereocenters. The van der Waals surface area contributed by atoms with Gasteiger partial charge in [0.15, 0.2) is 5.82 Å². The lowest BCUT2D eigenvalue weighted by Crippen LogP contribution is -2.21. The molecule has 1 heterocycles.